The zero-order valence-corrected chi connectivity index (χ0v) is 20.5. The standard InChI is InChI=1S/C25H33BrN2O3/c1-5-7-13-27-25(30)22(6-2)28(16-20-11-9-8-10-12-20)23(29)17-31-21-14-18(3)24(26)19(4)15-21/h8-12,14-15,22H,5-7,13,16-17H2,1-4H3,(H,27,30). The van der Waals surface area contributed by atoms with Crippen LogP contribution >= 0.6 is 15.9 Å². The minimum absolute atomic E-state index is 0.115. The summed E-state index contributed by atoms with van der Waals surface area (Å²) in [6, 6.07) is 13.0. The second kappa shape index (κ2) is 12.5. The van der Waals surface area contributed by atoms with Crippen LogP contribution in [0.25, 0.3) is 0 Å². The first-order valence-electron chi connectivity index (χ1n) is 10.9. The highest BCUT2D eigenvalue weighted by Gasteiger charge is 2.28. The number of hydrogen-bond acceptors (Lipinski definition) is 3. The topological polar surface area (TPSA) is 58.6 Å². The van der Waals surface area contributed by atoms with Crippen molar-refractivity contribution in [1.82, 2.24) is 10.2 Å². The molecule has 1 N–H and O–H groups in total. The molecule has 168 valence electrons. The van der Waals surface area contributed by atoms with Gasteiger partial charge in [0.15, 0.2) is 6.61 Å². The van der Waals surface area contributed by atoms with Crippen LogP contribution < -0.4 is 10.1 Å². The molecule has 0 aromatic heterocycles. The predicted octanol–water partition coefficient (Wildman–Crippen LogP) is 5.17. The summed E-state index contributed by atoms with van der Waals surface area (Å²) in [6.07, 6.45) is 2.46. The van der Waals surface area contributed by atoms with Crippen molar-refractivity contribution in [3.05, 3.63) is 63.6 Å². The van der Waals surface area contributed by atoms with Gasteiger partial charge in [-0.25, -0.2) is 0 Å². The Hall–Kier alpha value is -2.34. The molecule has 6 heteroatoms. The Labute approximate surface area is 194 Å². The van der Waals surface area contributed by atoms with Crippen LogP contribution in [-0.4, -0.2) is 35.9 Å². The summed E-state index contributed by atoms with van der Waals surface area (Å²) in [7, 11) is 0. The maximum absolute atomic E-state index is 13.2. The van der Waals surface area contributed by atoms with Gasteiger partial charge in [0.1, 0.15) is 11.8 Å². The normalized spacial score (nSPS) is 11.6. The molecule has 0 bridgehead atoms. The van der Waals surface area contributed by atoms with E-state index in [-0.39, 0.29) is 18.4 Å². The number of halogens is 1. The minimum Gasteiger partial charge on any atom is -0.484 e. The van der Waals surface area contributed by atoms with Crippen molar-refractivity contribution in [1.29, 1.82) is 0 Å². The predicted molar refractivity (Wildman–Crippen MR) is 128 cm³/mol. The van der Waals surface area contributed by atoms with E-state index in [1.807, 2.05) is 63.2 Å². The van der Waals surface area contributed by atoms with E-state index in [2.05, 4.69) is 28.2 Å². The van der Waals surface area contributed by atoms with Crippen LogP contribution in [0.2, 0.25) is 0 Å². The van der Waals surface area contributed by atoms with Gasteiger partial charge in [0.05, 0.1) is 0 Å². The lowest BCUT2D eigenvalue weighted by molar-refractivity contribution is -0.143. The van der Waals surface area contributed by atoms with Gasteiger partial charge in [-0.2, -0.15) is 0 Å². The molecule has 2 amide bonds. The van der Waals surface area contributed by atoms with Crippen molar-refractivity contribution in [3.8, 4) is 5.75 Å². The maximum Gasteiger partial charge on any atom is 0.261 e. The molecular weight excluding hydrogens is 456 g/mol. The Kier molecular flexibility index (Phi) is 10.0. The fourth-order valence-corrected chi connectivity index (χ4v) is 3.65. The summed E-state index contributed by atoms with van der Waals surface area (Å²) in [5, 5.41) is 2.97. The van der Waals surface area contributed by atoms with Crippen LogP contribution in [0.3, 0.4) is 0 Å². The van der Waals surface area contributed by atoms with Gasteiger partial charge in [0.2, 0.25) is 5.91 Å². The van der Waals surface area contributed by atoms with E-state index in [4.69, 9.17) is 4.74 Å². The fourth-order valence-electron chi connectivity index (χ4n) is 3.42. The highest BCUT2D eigenvalue weighted by molar-refractivity contribution is 9.10. The number of benzene rings is 2. The van der Waals surface area contributed by atoms with Crippen LogP contribution in [0.1, 0.15) is 49.8 Å². The number of carbonyl (C=O) groups excluding carboxylic acids is 2. The monoisotopic (exact) mass is 488 g/mol. The number of ether oxygens (including phenoxy) is 1. The molecular formula is C25H33BrN2O3. The Morgan fingerprint density at radius 2 is 1.74 bits per heavy atom. The average molecular weight is 489 g/mol. The largest absolute Gasteiger partial charge is 0.484 e. The number of hydrogen-bond donors (Lipinski definition) is 1. The summed E-state index contributed by atoms with van der Waals surface area (Å²) in [4.78, 5) is 27.7. The Bertz CT molecular complexity index is 847. The quantitative estimate of drug-likeness (QED) is 0.443. The fraction of sp³-hybridized carbons (Fsp3) is 0.440. The van der Waals surface area contributed by atoms with Crippen molar-refractivity contribution >= 4 is 27.7 Å². The zero-order valence-electron chi connectivity index (χ0n) is 18.9. The lowest BCUT2D eigenvalue weighted by Gasteiger charge is -2.30. The third kappa shape index (κ3) is 7.39. The van der Waals surface area contributed by atoms with Gasteiger partial charge in [-0.1, -0.05) is 66.5 Å². The summed E-state index contributed by atoms with van der Waals surface area (Å²) in [6.45, 7) is 8.85. The molecule has 0 saturated carbocycles. The molecule has 0 radical (unpaired) electrons. The molecule has 1 unspecified atom stereocenters. The van der Waals surface area contributed by atoms with Gasteiger partial charge in [-0.15, -0.1) is 0 Å². The van der Waals surface area contributed by atoms with E-state index >= 15 is 0 Å². The van der Waals surface area contributed by atoms with Gasteiger partial charge in [-0.3, -0.25) is 9.59 Å². The number of aryl methyl sites for hydroxylation is 2. The van der Waals surface area contributed by atoms with Crippen molar-refractivity contribution in [2.24, 2.45) is 0 Å². The molecule has 2 aromatic rings. The molecule has 0 aliphatic rings. The van der Waals surface area contributed by atoms with E-state index < -0.39 is 6.04 Å². The Balaban J connectivity index is 2.17. The molecule has 0 aliphatic heterocycles. The lowest BCUT2D eigenvalue weighted by Crippen LogP contribution is -2.50. The first-order valence-corrected chi connectivity index (χ1v) is 11.7. The lowest BCUT2D eigenvalue weighted by atomic mass is 10.1. The first-order chi connectivity index (χ1) is 14.9. The number of nitrogens with zero attached hydrogens (tertiary/aromatic N) is 1. The second-order valence-electron chi connectivity index (χ2n) is 7.74. The summed E-state index contributed by atoms with van der Waals surface area (Å²) >= 11 is 3.55. The molecule has 0 aliphatic carbocycles. The van der Waals surface area contributed by atoms with Gasteiger partial charge < -0.3 is 15.0 Å². The van der Waals surface area contributed by atoms with Gasteiger partial charge in [0, 0.05) is 17.6 Å². The number of nitrogens with one attached hydrogen (secondary N) is 1. The van der Waals surface area contributed by atoms with E-state index in [0.29, 0.717) is 25.3 Å². The first kappa shape index (κ1) is 24.9. The van der Waals surface area contributed by atoms with Gasteiger partial charge in [0.25, 0.3) is 5.91 Å². The molecule has 0 saturated heterocycles. The molecule has 5 nitrogen and oxygen atoms in total. The van der Waals surface area contributed by atoms with E-state index in [0.717, 1.165) is 34.0 Å². The maximum atomic E-state index is 13.2. The number of carbonyl (C=O) groups is 2. The molecule has 31 heavy (non-hydrogen) atoms. The molecule has 2 aromatic carbocycles. The van der Waals surface area contributed by atoms with Gasteiger partial charge in [-0.05, 0) is 55.5 Å². The van der Waals surface area contributed by atoms with E-state index in [1.165, 1.54) is 0 Å². The van der Waals surface area contributed by atoms with E-state index in [9.17, 15) is 9.59 Å². The third-order valence-corrected chi connectivity index (χ3v) is 6.43. The summed E-state index contributed by atoms with van der Waals surface area (Å²) < 4.78 is 6.87. The van der Waals surface area contributed by atoms with Crippen molar-refractivity contribution in [3.63, 3.8) is 0 Å². The second-order valence-corrected chi connectivity index (χ2v) is 8.53. The van der Waals surface area contributed by atoms with Crippen LogP contribution in [0.5, 0.6) is 5.75 Å². The van der Waals surface area contributed by atoms with Gasteiger partial charge >= 0.3 is 0 Å². The molecule has 2 rings (SSSR count). The van der Waals surface area contributed by atoms with Crippen molar-refractivity contribution < 1.29 is 14.3 Å². The highest BCUT2D eigenvalue weighted by Crippen LogP contribution is 2.26. The minimum atomic E-state index is -0.540. The molecule has 0 heterocycles. The van der Waals surface area contributed by atoms with Crippen molar-refractivity contribution in [2.45, 2.75) is 59.5 Å². The zero-order chi connectivity index (χ0) is 22.8. The molecule has 0 fully saturated rings. The number of unbranched alkanes of at least 4 members (excludes halogenated alkanes) is 1. The number of amides is 2. The SMILES string of the molecule is CCCCNC(=O)C(CC)N(Cc1ccccc1)C(=O)COc1cc(C)c(Br)c(C)c1. The van der Waals surface area contributed by atoms with Crippen LogP contribution in [0, 0.1) is 13.8 Å². The highest BCUT2D eigenvalue weighted by atomic mass is 79.9. The molecule has 1 atom stereocenters. The molecule has 0 spiro atoms. The Morgan fingerprint density at radius 1 is 1.10 bits per heavy atom. The number of rotatable bonds is 11. The average Bonchev–Trinajstić information content (AvgIpc) is 2.76. The van der Waals surface area contributed by atoms with Crippen molar-refractivity contribution in [2.75, 3.05) is 13.2 Å². The smallest absolute Gasteiger partial charge is 0.261 e. The van der Waals surface area contributed by atoms with Crippen LogP contribution in [0.4, 0.5) is 0 Å². The third-order valence-electron chi connectivity index (χ3n) is 5.18. The van der Waals surface area contributed by atoms with E-state index in [1.54, 1.807) is 4.90 Å². The Morgan fingerprint density at radius 3 is 2.32 bits per heavy atom. The summed E-state index contributed by atoms with van der Waals surface area (Å²) in [5.74, 6) is 0.321. The van der Waals surface area contributed by atoms with Crippen LogP contribution in [0.15, 0.2) is 46.9 Å². The summed E-state index contributed by atoms with van der Waals surface area (Å²) in [5.41, 5.74) is 3.07. The van der Waals surface area contributed by atoms with Crippen LogP contribution in [-0.2, 0) is 16.1 Å².